The van der Waals surface area contributed by atoms with Crippen LogP contribution in [0.3, 0.4) is 0 Å². The van der Waals surface area contributed by atoms with Crippen molar-refractivity contribution in [3.8, 4) is 11.3 Å². The molecule has 1 amide bonds. The lowest BCUT2D eigenvalue weighted by atomic mass is 9.99. The highest BCUT2D eigenvalue weighted by molar-refractivity contribution is 7.19. The van der Waals surface area contributed by atoms with E-state index in [4.69, 9.17) is 5.73 Å². The second kappa shape index (κ2) is 7.67. The van der Waals surface area contributed by atoms with Gasteiger partial charge in [0.2, 0.25) is 5.91 Å². The van der Waals surface area contributed by atoms with Gasteiger partial charge in [-0.2, -0.15) is 5.10 Å². The molecule has 4 aromatic rings. The second-order valence-electron chi connectivity index (χ2n) is 10.2. The molecule has 2 aliphatic rings. The number of hydrogen-bond donors (Lipinski definition) is 2. The molecule has 5 heterocycles. The number of thiophene rings is 1. The minimum atomic E-state index is -0.214. The number of H-pyrrole nitrogens is 1. The van der Waals surface area contributed by atoms with Crippen molar-refractivity contribution < 1.29 is 4.79 Å². The number of aromatic amines is 1. The first-order chi connectivity index (χ1) is 15.9. The summed E-state index contributed by atoms with van der Waals surface area (Å²) in [6, 6.07) is 4.60. The number of pyridine rings is 1. The number of carbonyl (C=O) groups excluding carboxylic acids is 1. The normalized spacial score (nSPS) is 23.3. The average molecular weight is 463 g/mol. The molecule has 172 valence electrons. The lowest BCUT2D eigenvalue weighted by Crippen LogP contribution is -2.32. The van der Waals surface area contributed by atoms with E-state index < -0.39 is 0 Å². The van der Waals surface area contributed by atoms with E-state index in [2.05, 4.69) is 59.1 Å². The Bertz CT molecular complexity index is 1350. The lowest BCUT2D eigenvalue weighted by molar-refractivity contribution is -0.119. The predicted molar refractivity (Wildman–Crippen MR) is 132 cm³/mol. The number of hydrogen-bond acceptors (Lipinski definition) is 5. The van der Waals surface area contributed by atoms with Crippen molar-refractivity contribution in [2.24, 2.45) is 17.6 Å². The molecule has 1 aliphatic carbocycles. The first-order valence-electron chi connectivity index (χ1n) is 11.8. The summed E-state index contributed by atoms with van der Waals surface area (Å²) in [4.78, 5) is 23.1. The summed E-state index contributed by atoms with van der Waals surface area (Å²) in [7, 11) is 0. The third-order valence-corrected chi connectivity index (χ3v) is 8.89. The van der Waals surface area contributed by atoms with Gasteiger partial charge in [-0.05, 0) is 66.7 Å². The number of carbonyl (C=O) groups is 1. The van der Waals surface area contributed by atoms with Gasteiger partial charge < -0.3 is 10.7 Å². The van der Waals surface area contributed by atoms with E-state index >= 15 is 0 Å². The van der Waals surface area contributed by atoms with Crippen LogP contribution in [0.1, 0.15) is 54.5 Å². The van der Waals surface area contributed by atoms with Gasteiger partial charge in [0, 0.05) is 29.7 Å². The lowest BCUT2D eigenvalue weighted by Gasteiger charge is -2.16. The summed E-state index contributed by atoms with van der Waals surface area (Å²) in [5.74, 6) is 2.20. The highest BCUT2D eigenvalue weighted by atomic mass is 32.1. The van der Waals surface area contributed by atoms with Crippen LogP contribution in [0.15, 0.2) is 24.7 Å². The molecular formula is C25H30N6OS. The molecule has 1 aliphatic heterocycles. The van der Waals surface area contributed by atoms with Crippen molar-refractivity contribution >= 4 is 33.1 Å². The predicted octanol–water partition coefficient (Wildman–Crippen LogP) is 4.28. The van der Waals surface area contributed by atoms with Crippen molar-refractivity contribution in [1.29, 1.82) is 0 Å². The highest BCUT2D eigenvalue weighted by Gasteiger charge is 2.42. The van der Waals surface area contributed by atoms with E-state index in [0.717, 1.165) is 29.9 Å². The van der Waals surface area contributed by atoms with Gasteiger partial charge >= 0.3 is 0 Å². The topological polar surface area (TPSA) is 92.3 Å². The molecule has 0 aromatic carbocycles. The van der Waals surface area contributed by atoms with Gasteiger partial charge in [0.15, 0.2) is 5.65 Å². The van der Waals surface area contributed by atoms with E-state index in [1.54, 1.807) is 6.33 Å². The number of primary amides is 1. The Hall–Kier alpha value is -2.71. The quantitative estimate of drug-likeness (QED) is 0.463. The summed E-state index contributed by atoms with van der Waals surface area (Å²) < 4.78 is 3.26. The van der Waals surface area contributed by atoms with Crippen LogP contribution in [0.2, 0.25) is 0 Å². The smallest absolute Gasteiger partial charge is 0.231 e. The van der Waals surface area contributed by atoms with Gasteiger partial charge in [-0.1, -0.05) is 13.8 Å². The van der Waals surface area contributed by atoms with Gasteiger partial charge in [-0.15, -0.1) is 11.3 Å². The molecule has 2 fully saturated rings. The summed E-state index contributed by atoms with van der Waals surface area (Å²) in [5, 5.41) is 4.36. The van der Waals surface area contributed by atoms with Crippen molar-refractivity contribution in [1.82, 2.24) is 24.5 Å². The Labute approximate surface area is 197 Å². The summed E-state index contributed by atoms with van der Waals surface area (Å²) >= 11 is 1.97. The molecular weight excluding hydrogens is 432 g/mol. The number of aromatic nitrogens is 4. The van der Waals surface area contributed by atoms with Gasteiger partial charge in [0.05, 0.1) is 22.5 Å². The van der Waals surface area contributed by atoms with Crippen LogP contribution in [0.25, 0.3) is 27.1 Å². The van der Waals surface area contributed by atoms with Gasteiger partial charge in [-0.25, -0.2) is 9.50 Å². The fourth-order valence-electron chi connectivity index (χ4n) is 6.21. The Balaban J connectivity index is 1.31. The van der Waals surface area contributed by atoms with Crippen LogP contribution < -0.4 is 5.73 Å². The molecule has 7 nitrogen and oxygen atoms in total. The molecule has 0 spiro atoms. The third-order valence-electron chi connectivity index (χ3n) is 7.56. The number of likely N-dealkylation sites (tertiary alicyclic amines) is 1. The van der Waals surface area contributed by atoms with Crippen LogP contribution in [-0.4, -0.2) is 50.0 Å². The zero-order valence-electron chi connectivity index (χ0n) is 19.3. The summed E-state index contributed by atoms with van der Waals surface area (Å²) in [5.41, 5.74) is 12.4. The van der Waals surface area contributed by atoms with E-state index in [1.807, 2.05) is 15.9 Å². The Morgan fingerprint density at radius 1 is 1.27 bits per heavy atom. The third kappa shape index (κ3) is 3.47. The van der Waals surface area contributed by atoms with Crippen molar-refractivity contribution in [2.75, 3.05) is 19.6 Å². The molecule has 3 N–H and O–H groups in total. The minimum absolute atomic E-state index is 0.214. The Morgan fingerprint density at radius 3 is 2.73 bits per heavy atom. The highest BCUT2D eigenvalue weighted by Crippen LogP contribution is 2.50. The standard InChI is InChI=1S/C25H30N6OS/c1-13(2)22-23(18-4-14(3)25-27-12-28-31(25)10-18)29-19-7-20(33-24(19)22)15-5-16-8-30(11-21(26)32)9-17(16)6-15/h4,7,10,12-13,15-17,29H,5-6,8-9,11H2,1-3H3,(H2,26,32). The van der Waals surface area contributed by atoms with Crippen molar-refractivity contribution in [3.63, 3.8) is 0 Å². The van der Waals surface area contributed by atoms with Gasteiger partial charge in [0.1, 0.15) is 6.33 Å². The maximum atomic E-state index is 11.3. The molecule has 1 saturated heterocycles. The number of amides is 1. The van der Waals surface area contributed by atoms with Crippen LogP contribution in [0, 0.1) is 18.8 Å². The molecule has 33 heavy (non-hydrogen) atoms. The summed E-state index contributed by atoms with van der Waals surface area (Å²) in [6.45, 7) is 9.07. The fraction of sp³-hybridized carbons (Fsp3) is 0.480. The van der Waals surface area contributed by atoms with E-state index in [1.165, 1.54) is 39.2 Å². The SMILES string of the molecule is Cc1cc(-c2[nH]c3cc(C4CC5CN(CC(N)=O)CC5C4)sc3c2C(C)C)cn2ncnc12. The number of nitrogens with two attached hydrogens (primary N) is 1. The van der Waals surface area contributed by atoms with E-state index in [-0.39, 0.29) is 5.91 Å². The van der Waals surface area contributed by atoms with Crippen molar-refractivity contribution in [2.45, 2.75) is 45.4 Å². The molecule has 8 heteroatoms. The Morgan fingerprint density at radius 2 is 2.03 bits per heavy atom. The largest absolute Gasteiger partial charge is 0.369 e. The molecule has 2 unspecified atom stereocenters. The fourth-order valence-corrected chi connectivity index (χ4v) is 7.65. The van der Waals surface area contributed by atoms with Gasteiger partial charge in [0.25, 0.3) is 0 Å². The average Bonchev–Trinajstić information content (AvgIpc) is 3.51. The first-order valence-corrected chi connectivity index (χ1v) is 12.6. The number of aryl methyl sites for hydroxylation is 1. The zero-order valence-corrected chi connectivity index (χ0v) is 20.2. The molecule has 0 radical (unpaired) electrons. The van der Waals surface area contributed by atoms with Crippen LogP contribution in [-0.2, 0) is 4.79 Å². The number of rotatable bonds is 5. The number of nitrogens with one attached hydrogen (secondary N) is 1. The molecule has 0 bridgehead atoms. The van der Waals surface area contributed by atoms with E-state index in [9.17, 15) is 4.79 Å². The molecule has 4 aromatic heterocycles. The Kier molecular flexibility index (Phi) is 4.85. The van der Waals surface area contributed by atoms with Crippen molar-refractivity contribution in [3.05, 3.63) is 40.7 Å². The number of nitrogens with zero attached hydrogens (tertiary/aromatic N) is 4. The molecule has 6 rings (SSSR count). The first kappa shape index (κ1) is 20.9. The van der Waals surface area contributed by atoms with Crippen LogP contribution in [0.5, 0.6) is 0 Å². The maximum Gasteiger partial charge on any atom is 0.231 e. The van der Waals surface area contributed by atoms with Crippen LogP contribution >= 0.6 is 11.3 Å². The number of fused-ring (bicyclic) bond motifs is 3. The van der Waals surface area contributed by atoms with Crippen LogP contribution in [0.4, 0.5) is 0 Å². The minimum Gasteiger partial charge on any atom is -0.369 e. The molecule has 1 saturated carbocycles. The maximum absolute atomic E-state index is 11.3. The molecule has 2 atom stereocenters. The van der Waals surface area contributed by atoms with Gasteiger partial charge in [-0.3, -0.25) is 9.69 Å². The second-order valence-corrected chi connectivity index (χ2v) is 11.3. The monoisotopic (exact) mass is 462 g/mol. The summed E-state index contributed by atoms with van der Waals surface area (Å²) in [6.07, 6.45) is 6.12. The van der Waals surface area contributed by atoms with E-state index in [0.29, 0.717) is 30.2 Å². The zero-order chi connectivity index (χ0) is 22.9.